The minimum Gasteiger partial charge on any atom is -0.378 e. The lowest BCUT2D eigenvalue weighted by molar-refractivity contribution is 0.0950. The topological polar surface area (TPSA) is 54.5 Å². The molecular formula is C20H25N3O2. The van der Waals surface area contributed by atoms with Gasteiger partial charge in [0.25, 0.3) is 5.91 Å². The van der Waals surface area contributed by atoms with E-state index in [4.69, 9.17) is 4.74 Å². The number of ether oxygens (including phenoxy) is 1. The molecule has 3 rings (SSSR count). The fraction of sp³-hybridized carbons (Fsp3) is 0.400. The van der Waals surface area contributed by atoms with Crippen LogP contribution in [0.5, 0.6) is 0 Å². The zero-order valence-electron chi connectivity index (χ0n) is 14.6. The lowest BCUT2D eigenvalue weighted by Gasteiger charge is -2.27. The normalized spacial score (nSPS) is 15.6. The molecule has 0 bridgehead atoms. The summed E-state index contributed by atoms with van der Waals surface area (Å²) < 4.78 is 5.35. The number of hydrogen-bond acceptors (Lipinski definition) is 4. The number of benzene rings is 1. The molecule has 1 N–H and O–H groups in total. The summed E-state index contributed by atoms with van der Waals surface area (Å²) in [5, 5.41) is 3.03. The first-order chi connectivity index (χ1) is 12.3. The van der Waals surface area contributed by atoms with Gasteiger partial charge in [-0.1, -0.05) is 37.3 Å². The maximum atomic E-state index is 12.4. The molecule has 132 valence electrons. The third-order valence-corrected chi connectivity index (χ3v) is 4.62. The Morgan fingerprint density at radius 3 is 2.60 bits per heavy atom. The molecular weight excluding hydrogens is 314 g/mol. The Bertz CT molecular complexity index is 667. The summed E-state index contributed by atoms with van der Waals surface area (Å²) in [7, 11) is 0. The van der Waals surface area contributed by atoms with E-state index in [1.807, 2.05) is 30.3 Å². The molecule has 1 amide bonds. The van der Waals surface area contributed by atoms with E-state index in [9.17, 15) is 4.79 Å². The molecule has 1 fully saturated rings. The minimum absolute atomic E-state index is 0.0737. The molecule has 2 heterocycles. The Morgan fingerprint density at radius 2 is 1.96 bits per heavy atom. The van der Waals surface area contributed by atoms with Crippen molar-refractivity contribution in [3.63, 3.8) is 0 Å². The van der Waals surface area contributed by atoms with Gasteiger partial charge in [0.2, 0.25) is 0 Å². The van der Waals surface area contributed by atoms with E-state index >= 15 is 0 Å². The molecule has 2 aromatic rings. The van der Waals surface area contributed by atoms with E-state index in [1.165, 1.54) is 5.56 Å². The smallest absolute Gasteiger partial charge is 0.252 e. The van der Waals surface area contributed by atoms with Crippen LogP contribution in [0.2, 0.25) is 0 Å². The van der Waals surface area contributed by atoms with Crippen molar-refractivity contribution in [2.24, 2.45) is 0 Å². The first-order valence-electron chi connectivity index (χ1n) is 8.90. The molecule has 0 aliphatic carbocycles. The molecule has 1 aromatic heterocycles. The van der Waals surface area contributed by atoms with Gasteiger partial charge in [0.1, 0.15) is 5.82 Å². The van der Waals surface area contributed by atoms with E-state index in [1.54, 1.807) is 6.20 Å². The quantitative estimate of drug-likeness (QED) is 0.879. The lowest BCUT2D eigenvalue weighted by atomic mass is 9.96. The molecule has 5 heteroatoms. The van der Waals surface area contributed by atoms with Crippen LogP contribution in [0.4, 0.5) is 5.82 Å². The molecule has 1 aliphatic rings. The Hall–Kier alpha value is -2.40. The summed E-state index contributed by atoms with van der Waals surface area (Å²) in [6.07, 6.45) is 2.64. The molecule has 0 spiro atoms. The summed E-state index contributed by atoms with van der Waals surface area (Å²) in [6.45, 7) is 5.90. The number of aromatic nitrogens is 1. The van der Waals surface area contributed by atoms with Crippen LogP contribution in [0.15, 0.2) is 48.7 Å². The largest absolute Gasteiger partial charge is 0.378 e. The summed E-state index contributed by atoms with van der Waals surface area (Å²) in [5.74, 6) is 1.15. The summed E-state index contributed by atoms with van der Waals surface area (Å²) in [5.41, 5.74) is 1.85. The van der Waals surface area contributed by atoms with Gasteiger partial charge in [0.15, 0.2) is 0 Å². The fourth-order valence-electron chi connectivity index (χ4n) is 3.04. The first-order valence-corrected chi connectivity index (χ1v) is 8.90. The van der Waals surface area contributed by atoms with Crippen molar-refractivity contribution in [3.8, 4) is 0 Å². The number of amides is 1. The zero-order chi connectivity index (χ0) is 17.5. The van der Waals surface area contributed by atoms with Gasteiger partial charge < -0.3 is 15.0 Å². The van der Waals surface area contributed by atoms with E-state index < -0.39 is 0 Å². The Morgan fingerprint density at radius 1 is 1.20 bits per heavy atom. The maximum Gasteiger partial charge on any atom is 0.252 e. The van der Waals surface area contributed by atoms with E-state index in [0.29, 0.717) is 18.0 Å². The van der Waals surface area contributed by atoms with Crippen molar-refractivity contribution in [1.29, 1.82) is 0 Å². The second-order valence-electron chi connectivity index (χ2n) is 6.23. The lowest BCUT2D eigenvalue weighted by Crippen LogP contribution is -2.36. The molecule has 1 aliphatic heterocycles. The maximum absolute atomic E-state index is 12.4. The third kappa shape index (κ3) is 4.57. The van der Waals surface area contributed by atoms with Crippen LogP contribution in [0.3, 0.4) is 0 Å². The first kappa shape index (κ1) is 17.4. The fourth-order valence-corrected chi connectivity index (χ4v) is 3.04. The molecule has 5 nitrogen and oxygen atoms in total. The number of carbonyl (C=O) groups is 1. The van der Waals surface area contributed by atoms with Gasteiger partial charge in [0.05, 0.1) is 18.8 Å². The number of anilines is 1. The van der Waals surface area contributed by atoms with Gasteiger partial charge in [-0.2, -0.15) is 0 Å². The molecule has 1 aromatic carbocycles. The highest BCUT2D eigenvalue weighted by atomic mass is 16.5. The van der Waals surface area contributed by atoms with Gasteiger partial charge in [-0.25, -0.2) is 4.98 Å². The van der Waals surface area contributed by atoms with Gasteiger partial charge in [-0.3, -0.25) is 4.79 Å². The van der Waals surface area contributed by atoms with Crippen LogP contribution < -0.4 is 10.2 Å². The minimum atomic E-state index is -0.0737. The van der Waals surface area contributed by atoms with E-state index in [0.717, 1.165) is 38.5 Å². The highest BCUT2D eigenvalue weighted by molar-refractivity contribution is 5.94. The van der Waals surface area contributed by atoms with Crippen molar-refractivity contribution in [2.45, 2.75) is 19.3 Å². The van der Waals surface area contributed by atoms with Crippen LogP contribution in [-0.2, 0) is 4.74 Å². The molecule has 1 saturated heterocycles. The van der Waals surface area contributed by atoms with Crippen molar-refractivity contribution >= 4 is 11.7 Å². The predicted octanol–water partition coefficient (Wildman–Crippen LogP) is 2.84. The SMILES string of the molecule is CCC(CNC(=O)c1ccc(N2CCOCC2)nc1)c1ccccc1. The predicted molar refractivity (Wildman–Crippen MR) is 99.1 cm³/mol. The molecule has 1 unspecified atom stereocenters. The van der Waals surface area contributed by atoms with Crippen LogP contribution in [-0.4, -0.2) is 43.7 Å². The second-order valence-corrected chi connectivity index (χ2v) is 6.23. The monoisotopic (exact) mass is 339 g/mol. The second kappa shape index (κ2) is 8.62. The number of carbonyl (C=O) groups excluding carboxylic acids is 1. The van der Waals surface area contributed by atoms with Gasteiger partial charge >= 0.3 is 0 Å². The number of rotatable bonds is 6. The van der Waals surface area contributed by atoms with Crippen LogP contribution in [0.1, 0.15) is 35.2 Å². The number of morpholine rings is 1. The Labute approximate surface area is 149 Å². The van der Waals surface area contributed by atoms with Crippen LogP contribution in [0.25, 0.3) is 0 Å². The number of pyridine rings is 1. The summed E-state index contributed by atoms with van der Waals surface area (Å²) in [6, 6.07) is 14.1. The Kier molecular flexibility index (Phi) is 6.01. The summed E-state index contributed by atoms with van der Waals surface area (Å²) in [4.78, 5) is 19.0. The highest BCUT2D eigenvalue weighted by Crippen LogP contribution is 2.18. The van der Waals surface area contributed by atoms with Crippen molar-refractivity contribution in [3.05, 3.63) is 59.8 Å². The zero-order valence-corrected chi connectivity index (χ0v) is 14.6. The van der Waals surface area contributed by atoms with Gasteiger partial charge in [-0.05, 0) is 24.1 Å². The van der Waals surface area contributed by atoms with Crippen LogP contribution in [0, 0.1) is 0 Å². The summed E-state index contributed by atoms with van der Waals surface area (Å²) >= 11 is 0. The molecule has 0 saturated carbocycles. The highest BCUT2D eigenvalue weighted by Gasteiger charge is 2.15. The van der Waals surface area contributed by atoms with Crippen molar-refractivity contribution < 1.29 is 9.53 Å². The molecule has 1 atom stereocenters. The van der Waals surface area contributed by atoms with Gasteiger partial charge in [-0.15, -0.1) is 0 Å². The Balaban J connectivity index is 1.57. The van der Waals surface area contributed by atoms with Crippen molar-refractivity contribution in [2.75, 3.05) is 37.7 Å². The molecule has 0 radical (unpaired) electrons. The number of nitrogens with one attached hydrogen (secondary N) is 1. The average Bonchev–Trinajstić information content (AvgIpc) is 2.70. The van der Waals surface area contributed by atoms with E-state index in [2.05, 4.69) is 34.3 Å². The van der Waals surface area contributed by atoms with Gasteiger partial charge in [0, 0.05) is 31.7 Å². The average molecular weight is 339 g/mol. The van der Waals surface area contributed by atoms with Crippen molar-refractivity contribution in [1.82, 2.24) is 10.3 Å². The molecule has 25 heavy (non-hydrogen) atoms. The van der Waals surface area contributed by atoms with Crippen LogP contribution >= 0.6 is 0 Å². The standard InChI is InChI=1S/C20H25N3O2/c1-2-16(17-6-4-3-5-7-17)14-22-20(24)18-8-9-19(21-15-18)23-10-12-25-13-11-23/h3-9,15-16H,2,10-14H2,1H3,(H,22,24). The number of hydrogen-bond donors (Lipinski definition) is 1. The van der Waals surface area contributed by atoms with E-state index in [-0.39, 0.29) is 5.91 Å². The number of nitrogens with zero attached hydrogens (tertiary/aromatic N) is 2. The third-order valence-electron chi connectivity index (χ3n) is 4.62.